The number of ether oxygens (including phenoxy) is 1. The van der Waals surface area contributed by atoms with Crippen LogP contribution < -0.4 is 0 Å². The average molecular weight is 182 g/mol. The fourth-order valence-electron chi connectivity index (χ4n) is 2.41. The zero-order chi connectivity index (χ0) is 9.26. The molecule has 0 amide bonds. The van der Waals surface area contributed by atoms with Crippen molar-refractivity contribution in [1.82, 2.24) is 4.90 Å². The highest BCUT2D eigenvalue weighted by atomic mass is 16.5. The number of amidine groups is 1. The summed E-state index contributed by atoms with van der Waals surface area (Å²) < 4.78 is 5.78. The van der Waals surface area contributed by atoms with Crippen LogP contribution in [0.15, 0.2) is 4.99 Å². The summed E-state index contributed by atoms with van der Waals surface area (Å²) in [7, 11) is 3.90. The van der Waals surface area contributed by atoms with Gasteiger partial charge in [0.1, 0.15) is 6.10 Å². The Morgan fingerprint density at radius 3 is 2.85 bits per heavy atom. The SMILES string of the molecule is CN=C1OC2CCCCCC2N1C. The molecule has 2 rings (SSSR count). The molecule has 0 radical (unpaired) electrons. The summed E-state index contributed by atoms with van der Waals surface area (Å²) in [6.45, 7) is 0. The number of aliphatic imine (C=N–C) groups is 1. The second-order valence-electron chi connectivity index (χ2n) is 3.98. The predicted octanol–water partition coefficient (Wildman–Crippen LogP) is 1.64. The minimum absolute atomic E-state index is 0.409. The van der Waals surface area contributed by atoms with Crippen molar-refractivity contribution in [1.29, 1.82) is 0 Å². The number of nitrogens with zero attached hydrogens (tertiary/aromatic N) is 2. The summed E-state index contributed by atoms with van der Waals surface area (Å²) in [5.41, 5.74) is 0. The quantitative estimate of drug-likeness (QED) is 0.569. The van der Waals surface area contributed by atoms with Gasteiger partial charge in [-0.15, -0.1) is 0 Å². The van der Waals surface area contributed by atoms with Gasteiger partial charge in [-0.2, -0.15) is 0 Å². The third-order valence-corrected chi connectivity index (χ3v) is 3.16. The molecule has 0 N–H and O–H groups in total. The van der Waals surface area contributed by atoms with Gasteiger partial charge in [-0.25, -0.2) is 4.99 Å². The van der Waals surface area contributed by atoms with Crippen molar-refractivity contribution in [3.63, 3.8) is 0 Å². The standard InChI is InChI=1S/C10H18N2O/c1-11-10-12(2)8-6-4-3-5-7-9(8)13-10/h8-9H,3-7H2,1-2H3. The highest BCUT2D eigenvalue weighted by Crippen LogP contribution is 2.29. The monoisotopic (exact) mass is 182 g/mol. The number of rotatable bonds is 0. The molecule has 1 aliphatic heterocycles. The fraction of sp³-hybridized carbons (Fsp3) is 0.900. The van der Waals surface area contributed by atoms with Gasteiger partial charge in [0.25, 0.3) is 6.02 Å². The maximum absolute atomic E-state index is 5.78. The number of fused-ring (bicyclic) bond motifs is 1. The van der Waals surface area contributed by atoms with Gasteiger partial charge in [0.15, 0.2) is 0 Å². The Hall–Kier alpha value is -0.730. The first-order valence-electron chi connectivity index (χ1n) is 5.19. The minimum Gasteiger partial charge on any atom is -0.460 e. The van der Waals surface area contributed by atoms with Crippen LogP contribution >= 0.6 is 0 Å². The largest absolute Gasteiger partial charge is 0.460 e. The minimum atomic E-state index is 0.409. The van der Waals surface area contributed by atoms with Gasteiger partial charge in [0.2, 0.25) is 0 Å². The predicted molar refractivity (Wildman–Crippen MR) is 52.9 cm³/mol. The molecular formula is C10H18N2O. The number of likely N-dealkylation sites (N-methyl/N-ethyl adjacent to an activating group) is 1. The summed E-state index contributed by atoms with van der Waals surface area (Å²) in [4.78, 5) is 6.35. The maximum atomic E-state index is 5.78. The van der Waals surface area contributed by atoms with E-state index in [1.807, 2.05) is 0 Å². The zero-order valence-electron chi connectivity index (χ0n) is 8.49. The van der Waals surface area contributed by atoms with Crippen LogP contribution in [0.5, 0.6) is 0 Å². The van der Waals surface area contributed by atoms with E-state index >= 15 is 0 Å². The third-order valence-electron chi connectivity index (χ3n) is 3.16. The van der Waals surface area contributed by atoms with Crippen molar-refractivity contribution in [2.24, 2.45) is 4.99 Å². The molecular weight excluding hydrogens is 164 g/mol. The molecule has 1 aliphatic carbocycles. The van der Waals surface area contributed by atoms with E-state index in [1.165, 1.54) is 32.1 Å². The average Bonchev–Trinajstić information content (AvgIpc) is 2.37. The molecule has 13 heavy (non-hydrogen) atoms. The molecule has 1 heterocycles. The van der Waals surface area contributed by atoms with E-state index in [1.54, 1.807) is 7.05 Å². The van der Waals surface area contributed by atoms with Crippen molar-refractivity contribution in [3.8, 4) is 0 Å². The maximum Gasteiger partial charge on any atom is 0.287 e. The first kappa shape index (κ1) is 8.85. The Kier molecular flexibility index (Phi) is 2.42. The Labute approximate surface area is 79.8 Å². The lowest BCUT2D eigenvalue weighted by Gasteiger charge is -2.19. The summed E-state index contributed by atoms with van der Waals surface area (Å²) >= 11 is 0. The van der Waals surface area contributed by atoms with Gasteiger partial charge in [-0.05, 0) is 19.3 Å². The van der Waals surface area contributed by atoms with Crippen molar-refractivity contribution < 1.29 is 4.74 Å². The second-order valence-corrected chi connectivity index (χ2v) is 3.98. The van der Waals surface area contributed by atoms with E-state index in [0.29, 0.717) is 12.1 Å². The lowest BCUT2D eigenvalue weighted by atomic mass is 10.1. The summed E-state index contributed by atoms with van der Waals surface area (Å²) in [6, 6.07) is 1.41. The Morgan fingerprint density at radius 1 is 1.31 bits per heavy atom. The molecule has 0 aromatic carbocycles. The van der Waals surface area contributed by atoms with Gasteiger partial charge in [0.05, 0.1) is 6.04 Å². The molecule has 3 heteroatoms. The van der Waals surface area contributed by atoms with E-state index in [0.717, 1.165) is 6.02 Å². The van der Waals surface area contributed by atoms with Crippen LogP contribution in [0.2, 0.25) is 0 Å². The summed E-state index contributed by atoms with van der Waals surface area (Å²) in [5.74, 6) is 0. The zero-order valence-corrected chi connectivity index (χ0v) is 8.49. The van der Waals surface area contributed by atoms with Gasteiger partial charge < -0.3 is 9.64 Å². The Bertz CT molecular complexity index is 215. The third kappa shape index (κ3) is 1.52. The molecule has 0 aromatic heterocycles. The van der Waals surface area contributed by atoms with E-state index in [-0.39, 0.29) is 0 Å². The van der Waals surface area contributed by atoms with Crippen LogP contribution in [0.25, 0.3) is 0 Å². The van der Waals surface area contributed by atoms with Crippen LogP contribution in [-0.4, -0.2) is 37.2 Å². The van der Waals surface area contributed by atoms with Gasteiger partial charge in [-0.1, -0.05) is 12.8 Å². The first-order chi connectivity index (χ1) is 6.33. The number of hydrogen-bond acceptors (Lipinski definition) is 2. The molecule has 1 saturated carbocycles. The molecule has 0 bridgehead atoms. The molecule has 2 unspecified atom stereocenters. The highest BCUT2D eigenvalue weighted by molar-refractivity contribution is 5.76. The first-order valence-corrected chi connectivity index (χ1v) is 5.19. The van der Waals surface area contributed by atoms with Crippen molar-refractivity contribution in [3.05, 3.63) is 0 Å². The molecule has 3 nitrogen and oxygen atoms in total. The van der Waals surface area contributed by atoms with Crippen LogP contribution in [0.3, 0.4) is 0 Å². The molecule has 2 aliphatic rings. The molecule has 1 saturated heterocycles. The summed E-state index contributed by atoms with van der Waals surface area (Å²) in [6.07, 6.45) is 6.89. The van der Waals surface area contributed by atoms with Crippen LogP contribution in [0, 0.1) is 0 Å². The Balaban J connectivity index is 2.11. The fourth-order valence-corrected chi connectivity index (χ4v) is 2.41. The summed E-state index contributed by atoms with van der Waals surface area (Å²) in [5, 5.41) is 0. The van der Waals surface area contributed by atoms with E-state index in [4.69, 9.17) is 4.74 Å². The smallest absolute Gasteiger partial charge is 0.287 e. The van der Waals surface area contributed by atoms with Crippen LogP contribution in [-0.2, 0) is 4.74 Å². The lowest BCUT2D eigenvalue weighted by Crippen LogP contribution is -2.32. The van der Waals surface area contributed by atoms with Crippen LogP contribution in [0.1, 0.15) is 32.1 Å². The van der Waals surface area contributed by atoms with E-state index < -0.39 is 0 Å². The molecule has 74 valence electrons. The van der Waals surface area contributed by atoms with Gasteiger partial charge >= 0.3 is 0 Å². The topological polar surface area (TPSA) is 24.8 Å². The molecule has 0 aromatic rings. The molecule has 2 fully saturated rings. The van der Waals surface area contributed by atoms with Crippen LogP contribution in [0.4, 0.5) is 0 Å². The molecule has 2 atom stereocenters. The normalized spacial score (nSPS) is 37.1. The van der Waals surface area contributed by atoms with Crippen molar-refractivity contribution in [2.45, 2.75) is 44.2 Å². The van der Waals surface area contributed by atoms with Crippen molar-refractivity contribution in [2.75, 3.05) is 14.1 Å². The second kappa shape index (κ2) is 3.56. The lowest BCUT2D eigenvalue weighted by molar-refractivity contribution is 0.182. The van der Waals surface area contributed by atoms with E-state index in [2.05, 4.69) is 16.9 Å². The molecule has 0 spiro atoms. The number of hydrogen-bond donors (Lipinski definition) is 0. The van der Waals surface area contributed by atoms with Gasteiger partial charge in [-0.3, -0.25) is 0 Å². The Morgan fingerprint density at radius 2 is 2.08 bits per heavy atom. The van der Waals surface area contributed by atoms with Crippen molar-refractivity contribution >= 4 is 6.02 Å². The highest BCUT2D eigenvalue weighted by Gasteiger charge is 2.37. The van der Waals surface area contributed by atoms with E-state index in [9.17, 15) is 0 Å². The van der Waals surface area contributed by atoms with Gasteiger partial charge in [0, 0.05) is 14.1 Å².